The molecule has 17 heavy (non-hydrogen) atoms. The van der Waals surface area contributed by atoms with Gasteiger partial charge in [-0.25, -0.2) is 0 Å². The van der Waals surface area contributed by atoms with Crippen LogP contribution in [0.1, 0.15) is 18.9 Å². The second-order valence-electron chi connectivity index (χ2n) is 4.20. The van der Waals surface area contributed by atoms with Gasteiger partial charge in [-0.2, -0.15) is 11.8 Å². The summed E-state index contributed by atoms with van der Waals surface area (Å²) < 4.78 is 4.66. The normalized spacial score (nSPS) is 14.1. The molecule has 1 aromatic carbocycles. The third-order valence-corrected chi connectivity index (χ3v) is 3.56. The van der Waals surface area contributed by atoms with Gasteiger partial charge >= 0.3 is 5.97 Å². The van der Waals surface area contributed by atoms with Crippen molar-refractivity contribution in [1.82, 2.24) is 0 Å². The quantitative estimate of drug-likeness (QED) is 0.624. The van der Waals surface area contributed by atoms with Gasteiger partial charge in [0.15, 0.2) is 0 Å². The first-order valence-electron chi connectivity index (χ1n) is 5.55. The molecule has 1 unspecified atom stereocenters. The predicted octanol–water partition coefficient (Wildman–Crippen LogP) is 2.20. The molecule has 0 saturated heterocycles. The second kappa shape index (κ2) is 6.67. The van der Waals surface area contributed by atoms with Crippen molar-refractivity contribution < 1.29 is 9.53 Å². The molecule has 0 aromatic heterocycles. The zero-order valence-electron chi connectivity index (χ0n) is 10.3. The van der Waals surface area contributed by atoms with Crippen LogP contribution in [0.25, 0.3) is 0 Å². The lowest BCUT2D eigenvalue weighted by atomic mass is 10.0. The van der Waals surface area contributed by atoms with Gasteiger partial charge in [-0.15, -0.1) is 0 Å². The lowest BCUT2D eigenvalue weighted by Gasteiger charge is -2.20. The number of methoxy groups -OCH3 is 1. The first kappa shape index (κ1) is 14.1. The lowest BCUT2D eigenvalue weighted by Crippen LogP contribution is -2.46. The summed E-state index contributed by atoms with van der Waals surface area (Å²) in [5.41, 5.74) is 6.27. The molecule has 0 fully saturated rings. The zero-order chi connectivity index (χ0) is 12.7. The van der Waals surface area contributed by atoms with E-state index >= 15 is 0 Å². The molecule has 0 spiro atoms. The van der Waals surface area contributed by atoms with E-state index < -0.39 is 5.54 Å². The fourth-order valence-electron chi connectivity index (χ4n) is 1.38. The summed E-state index contributed by atoms with van der Waals surface area (Å²) in [5.74, 6) is 1.44. The molecule has 0 heterocycles. The number of rotatable bonds is 6. The third-order valence-electron chi connectivity index (χ3n) is 2.53. The van der Waals surface area contributed by atoms with Crippen LogP contribution in [0.2, 0.25) is 0 Å². The highest BCUT2D eigenvalue weighted by Crippen LogP contribution is 2.17. The topological polar surface area (TPSA) is 52.3 Å². The minimum Gasteiger partial charge on any atom is -0.468 e. The minimum absolute atomic E-state index is 0.349. The Hall–Kier alpha value is -1.00. The Balaban J connectivity index is 2.27. The number of carbonyl (C=O) groups is 1. The highest BCUT2D eigenvalue weighted by molar-refractivity contribution is 7.98. The number of benzene rings is 1. The average Bonchev–Trinajstić information content (AvgIpc) is 2.35. The molecular formula is C13H19NO2S. The van der Waals surface area contributed by atoms with Crippen LogP contribution in [0.15, 0.2) is 30.3 Å². The predicted molar refractivity (Wildman–Crippen MR) is 71.8 cm³/mol. The maximum atomic E-state index is 11.3. The van der Waals surface area contributed by atoms with Gasteiger partial charge in [-0.3, -0.25) is 4.79 Å². The maximum absolute atomic E-state index is 11.3. The first-order chi connectivity index (χ1) is 8.06. The Kier molecular flexibility index (Phi) is 5.51. The summed E-state index contributed by atoms with van der Waals surface area (Å²) in [6, 6.07) is 10.2. The summed E-state index contributed by atoms with van der Waals surface area (Å²) in [4.78, 5) is 11.3. The zero-order valence-corrected chi connectivity index (χ0v) is 11.1. The van der Waals surface area contributed by atoms with Gasteiger partial charge in [0.05, 0.1) is 7.11 Å². The number of carbonyl (C=O) groups excluding carboxylic acids is 1. The van der Waals surface area contributed by atoms with Gasteiger partial charge in [0.1, 0.15) is 5.54 Å². The van der Waals surface area contributed by atoms with E-state index in [1.54, 1.807) is 18.7 Å². The molecule has 1 rings (SSSR count). The molecule has 0 aliphatic heterocycles. The Labute approximate surface area is 107 Å². The fraction of sp³-hybridized carbons (Fsp3) is 0.462. The minimum atomic E-state index is -0.877. The van der Waals surface area contributed by atoms with Crippen molar-refractivity contribution in [2.75, 3.05) is 12.9 Å². The van der Waals surface area contributed by atoms with Gasteiger partial charge in [-0.05, 0) is 24.7 Å². The van der Waals surface area contributed by atoms with Gasteiger partial charge in [0.2, 0.25) is 0 Å². The number of thioether (sulfide) groups is 1. The average molecular weight is 253 g/mol. The monoisotopic (exact) mass is 253 g/mol. The number of hydrogen-bond acceptors (Lipinski definition) is 4. The number of esters is 1. The van der Waals surface area contributed by atoms with Crippen molar-refractivity contribution in [3.8, 4) is 0 Å². The van der Waals surface area contributed by atoms with E-state index in [-0.39, 0.29) is 5.97 Å². The van der Waals surface area contributed by atoms with Crippen LogP contribution in [0.3, 0.4) is 0 Å². The highest BCUT2D eigenvalue weighted by Gasteiger charge is 2.28. The molecule has 0 amide bonds. The Morgan fingerprint density at radius 3 is 2.65 bits per heavy atom. The second-order valence-corrected chi connectivity index (χ2v) is 5.30. The molecule has 94 valence electrons. The smallest absolute Gasteiger partial charge is 0.325 e. The third kappa shape index (κ3) is 4.79. The van der Waals surface area contributed by atoms with E-state index in [2.05, 4.69) is 16.9 Å². The van der Waals surface area contributed by atoms with Crippen LogP contribution < -0.4 is 5.73 Å². The first-order valence-corrected chi connectivity index (χ1v) is 6.71. The van der Waals surface area contributed by atoms with E-state index in [1.165, 1.54) is 12.7 Å². The highest BCUT2D eigenvalue weighted by atomic mass is 32.2. The summed E-state index contributed by atoms with van der Waals surface area (Å²) >= 11 is 1.77. The molecule has 0 saturated carbocycles. The summed E-state index contributed by atoms with van der Waals surface area (Å²) in [6.07, 6.45) is 0.622. The van der Waals surface area contributed by atoms with Crippen molar-refractivity contribution in [2.24, 2.45) is 5.73 Å². The van der Waals surface area contributed by atoms with Crippen molar-refractivity contribution in [3.63, 3.8) is 0 Å². The summed E-state index contributed by atoms with van der Waals surface area (Å²) in [5, 5.41) is 0. The van der Waals surface area contributed by atoms with E-state index in [0.717, 1.165) is 11.5 Å². The molecule has 1 aromatic rings. The Morgan fingerprint density at radius 2 is 2.06 bits per heavy atom. The molecule has 0 aliphatic rings. The number of nitrogens with two attached hydrogens (primary N) is 1. The van der Waals surface area contributed by atoms with E-state index in [1.807, 2.05) is 18.2 Å². The number of ether oxygens (including phenoxy) is 1. The Morgan fingerprint density at radius 1 is 1.41 bits per heavy atom. The molecule has 1 atom stereocenters. The lowest BCUT2D eigenvalue weighted by molar-refractivity contribution is -0.146. The van der Waals surface area contributed by atoms with Crippen LogP contribution in [-0.2, 0) is 15.3 Å². The fourth-order valence-corrected chi connectivity index (χ4v) is 2.52. The van der Waals surface area contributed by atoms with Crippen molar-refractivity contribution >= 4 is 17.7 Å². The molecule has 0 aliphatic carbocycles. The largest absolute Gasteiger partial charge is 0.468 e. The van der Waals surface area contributed by atoms with Crippen LogP contribution >= 0.6 is 11.8 Å². The maximum Gasteiger partial charge on any atom is 0.325 e. The van der Waals surface area contributed by atoms with E-state index in [9.17, 15) is 4.79 Å². The van der Waals surface area contributed by atoms with Crippen molar-refractivity contribution in [3.05, 3.63) is 35.9 Å². The summed E-state index contributed by atoms with van der Waals surface area (Å²) in [6.45, 7) is 1.71. The van der Waals surface area contributed by atoms with Gasteiger partial charge < -0.3 is 10.5 Å². The van der Waals surface area contributed by atoms with Crippen LogP contribution in [0, 0.1) is 0 Å². The van der Waals surface area contributed by atoms with Crippen molar-refractivity contribution in [2.45, 2.75) is 24.6 Å². The van der Waals surface area contributed by atoms with Crippen LogP contribution in [0.4, 0.5) is 0 Å². The molecule has 0 bridgehead atoms. The van der Waals surface area contributed by atoms with E-state index in [4.69, 9.17) is 5.73 Å². The molecule has 3 nitrogen and oxygen atoms in total. The van der Waals surface area contributed by atoms with Gasteiger partial charge in [-0.1, -0.05) is 30.3 Å². The molecular weight excluding hydrogens is 234 g/mol. The number of hydrogen-bond donors (Lipinski definition) is 1. The SMILES string of the molecule is COC(=O)C(C)(N)CCSCc1ccccc1. The van der Waals surface area contributed by atoms with Crippen LogP contribution in [0.5, 0.6) is 0 Å². The van der Waals surface area contributed by atoms with Crippen LogP contribution in [-0.4, -0.2) is 24.4 Å². The van der Waals surface area contributed by atoms with Crippen molar-refractivity contribution in [1.29, 1.82) is 0 Å². The standard InChI is InChI=1S/C13H19NO2S/c1-13(14,12(15)16-2)8-9-17-10-11-6-4-3-5-7-11/h3-7H,8-10,14H2,1-2H3. The van der Waals surface area contributed by atoms with Gasteiger partial charge in [0, 0.05) is 5.75 Å². The summed E-state index contributed by atoms with van der Waals surface area (Å²) in [7, 11) is 1.37. The molecule has 2 N–H and O–H groups in total. The Bertz CT molecular complexity index is 352. The molecule has 4 heteroatoms. The van der Waals surface area contributed by atoms with E-state index in [0.29, 0.717) is 6.42 Å². The van der Waals surface area contributed by atoms with Gasteiger partial charge in [0.25, 0.3) is 0 Å². The molecule has 0 radical (unpaired) electrons.